The molecule has 0 aromatic rings. The van der Waals surface area contributed by atoms with Gasteiger partial charge in [-0.05, 0) is 25.4 Å². The van der Waals surface area contributed by atoms with Crippen LogP contribution in [-0.2, 0) is 0 Å². The van der Waals surface area contributed by atoms with Crippen LogP contribution in [0.25, 0.3) is 0 Å². The number of unbranched alkanes of at least 4 members (excludes halogenated alkanes) is 2. The third-order valence-electron chi connectivity index (χ3n) is 2.73. The highest BCUT2D eigenvalue weighted by Crippen LogP contribution is 2.69. The van der Waals surface area contributed by atoms with Crippen molar-refractivity contribution < 1.29 is 0 Å². The van der Waals surface area contributed by atoms with Gasteiger partial charge < -0.3 is 0 Å². The lowest BCUT2D eigenvalue weighted by molar-refractivity contribution is 0.522. The molecule has 1 saturated heterocycles. The smallest absolute Gasteiger partial charge is 0.0437 e. The number of rotatable bonds is 6. The Morgan fingerprint density at radius 3 is 1.64 bits per heavy atom. The van der Waals surface area contributed by atoms with Crippen LogP contribution >= 0.6 is 19.3 Å². The van der Waals surface area contributed by atoms with E-state index in [0.717, 1.165) is 8.88 Å². The van der Waals surface area contributed by atoms with Crippen LogP contribution in [0.4, 0.5) is 0 Å². The average molecular weight is 236 g/mol. The molecular formula is C10H25N2PS. The monoisotopic (exact) mass is 236 g/mol. The zero-order valence-electron chi connectivity index (χ0n) is 10.0. The Balaban J connectivity index is 2.27. The Hall–Kier alpha value is 0.700. The quantitative estimate of drug-likeness (QED) is 0.650. The number of nitrogens with zero attached hydrogens (tertiary/aromatic N) is 2. The molecule has 1 rings (SSSR count). The van der Waals surface area contributed by atoms with Gasteiger partial charge in [0.2, 0.25) is 0 Å². The third-order valence-corrected chi connectivity index (χ3v) is 9.32. The van der Waals surface area contributed by atoms with Crippen molar-refractivity contribution in [2.24, 2.45) is 0 Å². The van der Waals surface area contributed by atoms with Crippen LogP contribution in [-0.4, -0.2) is 33.8 Å². The first-order valence-corrected chi connectivity index (χ1v) is 8.93. The lowest BCUT2D eigenvalue weighted by Crippen LogP contribution is -2.42. The molecule has 0 unspecified atom stereocenters. The van der Waals surface area contributed by atoms with Gasteiger partial charge in [-0.25, -0.2) is 8.15 Å². The van der Waals surface area contributed by atoms with Crippen molar-refractivity contribution in [3.8, 4) is 0 Å². The van der Waals surface area contributed by atoms with E-state index in [4.69, 9.17) is 0 Å². The van der Waals surface area contributed by atoms with Crippen LogP contribution < -0.4 is 0 Å². The summed E-state index contributed by atoms with van der Waals surface area (Å²) < 4.78 is 5.40. The normalized spacial score (nSPS) is 24.6. The van der Waals surface area contributed by atoms with Gasteiger partial charge in [-0.3, -0.25) is 0 Å². The topological polar surface area (TPSA) is 6.48 Å². The zero-order valence-corrected chi connectivity index (χ0v) is 11.9. The Morgan fingerprint density at radius 2 is 1.36 bits per heavy atom. The predicted molar refractivity (Wildman–Crippen MR) is 71.0 cm³/mol. The van der Waals surface area contributed by atoms with Gasteiger partial charge in [0.05, 0.1) is 0 Å². The second-order valence-electron chi connectivity index (χ2n) is 4.23. The van der Waals surface area contributed by atoms with Crippen molar-refractivity contribution >= 4 is 19.3 Å². The van der Waals surface area contributed by atoms with E-state index >= 15 is 0 Å². The summed E-state index contributed by atoms with van der Waals surface area (Å²) in [5.74, 6) is 0. The molecule has 0 aromatic carbocycles. The Bertz CT molecular complexity index is 160. The Morgan fingerprint density at radius 1 is 0.929 bits per heavy atom. The molecule has 0 aliphatic carbocycles. The van der Waals surface area contributed by atoms with E-state index in [0.29, 0.717) is 0 Å². The minimum Gasteiger partial charge on any atom is -0.222 e. The Labute approximate surface area is 92.9 Å². The van der Waals surface area contributed by atoms with E-state index in [1.165, 1.54) is 38.8 Å². The highest BCUT2D eigenvalue weighted by molar-refractivity contribution is 8.35. The molecule has 0 amide bonds. The predicted octanol–water partition coefficient (Wildman–Crippen LogP) is 3.61. The van der Waals surface area contributed by atoms with E-state index in [2.05, 4.69) is 34.5 Å². The lowest BCUT2D eigenvalue weighted by atomic mass is 10.3. The van der Waals surface area contributed by atoms with Gasteiger partial charge in [0, 0.05) is 22.0 Å². The molecule has 1 heterocycles. The standard InChI is InChI=1S/C10H25N2PS/c1-5-7-9-11-13-12(10-8-6-2)14(11,3)4/h13H,5-10H2,1-4H3. The van der Waals surface area contributed by atoms with Crippen LogP contribution in [0.2, 0.25) is 0 Å². The minimum absolute atomic E-state index is 0.529. The van der Waals surface area contributed by atoms with Crippen molar-refractivity contribution in [3.05, 3.63) is 0 Å². The van der Waals surface area contributed by atoms with Crippen molar-refractivity contribution in [2.75, 3.05) is 25.6 Å². The van der Waals surface area contributed by atoms with Crippen molar-refractivity contribution in [1.29, 1.82) is 0 Å². The van der Waals surface area contributed by atoms with E-state index < -0.39 is 10.4 Å². The molecule has 0 saturated carbocycles. The van der Waals surface area contributed by atoms with Gasteiger partial charge in [-0.2, -0.15) is 0 Å². The first-order chi connectivity index (χ1) is 6.62. The summed E-state index contributed by atoms with van der Waals surface area (Å²) in [7, 11) is 0.449. The number of hydrogen-bond acceptors (Lipinski definition) is 2. The van der Waals surface area contributed by atoms with Gasteiger partial charge in [-0.1, -0.05) is 26.7 Å². The van der Waals surface area contributed by atoms with E-state index in [9.17, 15) is 0 Å². The van der Waals surface area contributed by atoms with Gasteiger partial charge in [0.15, 0.2) is 0 Å². The van der Waals surface area contributed by atoms with E-state index in [-0.39, 0.29) is 0 Å². The molecule has 1 fully saturated rings. The van der Waals surface area contributed by atoms with Crippen molar-refractivity contribution in [3.63, 3.8) is 0 Å². The van der Waals surface area contributed by atoms with Crippen LogP contribution in [0, 0.1) is 0 Å². The van der Waals surface area contributed by atoms with E-state index in [1.54, 1.807) is 0 Å². The van der Waals surface area contributed by atoms with Crippen LogP contribution in [0.15, 0.2) is 0 Å². The molecular weight excluding hydrogens is 211 g/mol. The van der Waals surface area contributed by atoms with Gasteiger partial charge >= 0.3 is 0 Å². The fourth-order valence-corrected chi connectivity index (χ4v) is 5.97. The maximum Gasteiger partial charge on any atom is 0.0437 e. The molecule has 1 aliphatic heterocycles. The summed E-state index contributed by atoms with van der Waals surface area (Å²) in [6.45, 7) is 7.19. The highest BCUT2D eigenvalue weighted by Gasteiger charge is 2.38. The fraction of sp³-hybridized carbons (Fsp3) is 1.00. The van der Waals surface area contributed by atoms with Gasteiger partial charge in [0.1, 0.15) is 0 Å². The summed E-state index contributed by atoms with van der Waals surface area (Å²) >= 11 is 0. The average Bonchev–Trinajstić information content (AvgIpc) is 2.16. The van der Waals surface area contributed by atoms with Crippen molar-refractivity contribution in [1.82, 2.24) is 8.15 Å². The molecule has 1 aliphatic rings. The Kier molecular flexibility index (Phi) is 5.19. The minimum atomic E-state index is -0.529. The SMILES string of the molecule is CCCCN1PN(CCCC)S1(C)C. The van der Waals surface area contributed by atoms with Gasteiger partial charge in [-0.15, -0.1) is 10.4 Å². The second-order valence-corrected chi connectivity index (χ2v) is 9.48. The molecule has 0 N–H and O–H groups in total. The summed E-state index contributed by atoms with van der Waals surface area (Å²) in [6, 6.07) is 0. The van der Waals surface area contributed by atoms with Crippen LogP contribution in [0.1, 0.15) is 39.5 Å². The first kappa shape index (κ1) is 12.8. The molecule has 14 heavy (non-hydrogen) atoms. The number of hydrogen-bond donors (Lipinski definition) is 0. The lowest BCUT2D eigenvalue weighted by Gasteiger charge is -2.61. The summed E-state index contributed by atoms with van der Waals surface area (Å²) in [4.78, 5) is 0. The first-order valence-electron chi connectivity index (χ1n) is 5.68. The second kappa shape index (κ2) is 5.69. The molecule has 0 aromatic heterocycles. The summed E-state index contributed by atoms with van der Waals surface area (Å²) in [5.41, 5.74) is 0. The maximum absolute atomic E-state index is 2.70. The molecule has 0 bridgehead atoms. The zero-order chi connectivity index (χ0) is 10.6. The summed E-state index contributed by atoms with van der Waals surface area (Å²) in [6.07, 6.45) is 10.3. The fourth-order valence-electron chi connectivity index (χ4n) is 1.56. The van der Waals surface area contributed by atoms with Gasteiger partial charge in [0.25, 0.3) is 0 Å². The molecule has 2 nitrogen and oxygen atoms in total. The van der Waals surface area contributed by atoms with Crippen molar-refractivity contribution in [2.45, 2.75) is 39.5 Å². The molecule has 0 radical (unpaired) electrons. The summed E-state index contributed by atoms with van der Waals surface area (Å²) in [5, 5.41) is 0. The molecule has 4 heteroatoms. The molecule has 86 valence electrons. The van der Waals surface area contributed by atoms with Crippen LogP contribution in [0.5, 0.6) is 0 Å². The largest absolute Gasteiger partial charge is 0.222 e. The molecule has 0 spiro atoms. The van der Waals surface area contributed by atoms with E-state index in [1.807, 2.05) is 0 Å². The highest BCUT2D eigenvalue weighted by atomic mass is 32.3. The van der Waals surface area contributed by atoms with Crippen LogP contribution in [0.3, 0.4) is 0 Å². The molecule has 0 atom stereocenters. The third kappa shape index (κ3) is 2.85. The maximum atomic E-state index is 2.70.